The molecule has 14 nitrogen and oxygen atoms in total. The topological polar surface area (TPSA) is 211 Å². The lowest BCUT2D eigenvalue weighted by Gasteiger charge is -2.64. The molecule has 7 aliphatic rings. The van der Waals surface area contributed by atoms with Crippen molar-refractivity contribution in [2.24, 2.45) is 39.4 Å². The maximum atomic E-state index is 14.4. The highest BCUT2D eigenvalue weighted by Gasteiger charge is 2.76. The minimum absolute atomic E-state index is 0.0128. The van der Waals surface area contributed by atoms with Crippen molar-refractivity contribution < 1.29 is 68.6 Å². The van der Waals surface area contributed by atoms with E-state index in [2.05, 4.69) is 40.3 Å². The molecule has 0 radical (unpaired) electrons. The van der Waals surface area contributed by atoms with E-state index < -0.39 is 84.4 Å². The van der Waals surface area contributed by atoms with Crippen molar-refractivity contribution in [2.45, 2.75) is 179 Å². The lowest BCUT2D eigenvalue weighted by atomic mass is 9.41. The third kappa shape index (κ3) is 6.76. The summed E-state index contributed by atoms with van der Waals surface area (Å²) in [6.45, 7) is 17.6. The molecular weight excluding hydrogens is 740 g/mol. The van der Waals surface area contributed by atoms with Crippen molar-refractivity contribution >= 4 is 11.9 Å². The van der Waals surface area contributed by atoms with Crippen molar-refractivity contribution in [2.75, 3.05) is 13.2 Å². The molecule has 0 amide bonds. The van der Waals surface area contributed by atoms with Crippen LogP contribution >= 0.6 is 0 Å². The molecule has 3 saturated carbocycles. The first kappa shape index (κ1) is 43.1. The fourth-order valence-corrected chi connectivity index (χ4v) is 13.3. The van der Waals surface area contributed by atoms with Crippen LogP contribution in [0.5, 0.6) is 0 Å². The van der Waals surface area contributed by atoms with Crippen LogP contribution in [0.3, 0.4) is 0 Å². The fraction of sp³-hybridized carbons (Fsp3) is 0.860. The molecule has 3 saturated heterocycles. The normalized spacial score (nSPS) is 49.4. The van der Waals surface area contributed by atoms with Crippen LogP contribution in [-0.2, 0) is 38.0 Å². The van der Waals surface area contributed by atoms with Gasteiger partial charge in [0.15, 0.2) is 12.6 Å². The molecule has 322 valence electrons. The van der Waals surface area contributed by atoms with Crippen LogP contribution in [-0.4, -0.2) is 129 Å². The second kappa shape index (κ2) is 15.2. The van der Waals surface area contributed by atoms with Gasteiger partial charge in [0.1, 0.15) is 54.4 Å². The minimum atomic E-state index is -1.71. The molecule has 3 aliphatic heterocycles. The average Bonchev–Trinajstić information content (AvgIpc) is 3.57. The second-order valence-electron chi connectivity index (χ2n) is 19.8. The number of esters is 2. The second-order valence-corrected chi connectivity index (χ2v) is 19.8. The van der Waals surface area contributed by atoms with Gasteiger partial charge in [0.25, 0.3) is 0 Å². The van der Waals surface area contributed by atoms with E-state index in [9.17, 15) is 40.2 Å². The molecule has 3 heterocycles. The number of cyclic esters (lactones) is 1. The van der Waals surface area contributed by atoms with E-state index in [0.29, 0.717) is 19.3 Å². The number of aliphatic hydroxyl groups is 6. The number of allylic oxidation sites excluding steroid dienone is 2. The lowest BCUT2D eigenvalue weighted by Crippen LogP contribution is -2.64. The third-order valence-corrected chi connectivity index (χ3v) is 16.0. The van der Waals surface area contributed by atoms with Gasteiger partial charge < -0.3 is 59.1 Å². The molecule has 57 heavy (non-hydrogen) atoms. The van der Waals surface area contributed by atoms with Crippen molar-refractivity contribution in [1.82, 2.24) is 0 Å². The Morgan fingerprint density at radius 2 is 1.63 bits per heavy atom. The van der Waals surface area contributed by atoms with Gasteiger partial charge in [0.05, 0.1) is 24.7 Å². The van der Waals surface area contributed by atoms with Gasteiger partial charge in [-0.25, -0.2) is 0 Å². The van der Waals surface area contributed by atoms with Crippen LogP contribution in [0.25, 0.3) is 0 Å². The van der Waals surface area contributed by atoms with Crippen molar-refractivity contribution in [3.63, 3.8) is 0 Å². The maximum absolute atomic E-state index is 14.4. The van der Waals surface area contributed by atoms with Crippen LogP contribution in [0.4, 0.5) is 0 Å². The van der Waals surface area contributed by atoms with Gasteiger partial charge in [-0.3, -0.25) is 9.59 Å². The van der Waals surface area contributed by atoms with Crippen LogP contribution in [0.2, 0.25) is 0 Å². The van der Waals surface area contributed by atoms with E-state index in [1.807, 2.05) is 13.8 Å². The highest BCUT2D eigenvalue weighted by molar-refractivity contribution is 5.83. The van der Waals surface area contributed by atoms with Crippen LogP contribution in [0.15, 0.2) is 23.8 Å². The quantitative estimate of drug-likeness (QED) is 0.139. The molecule has 6 N–H and O–H groups in total. The maximum Gasteiger partial charge on any atom is 0.313 e. The lowest BCUT2D eigenvalue weighted by molar-refractivity contribution is -0.366. The summed E-state index contributed by atoms with van der Waals surface area (Å²) in [7, 11) is 0. The van der Waals surface area contributed by atoms with Gasteiger partial charge in [-0.05, 0) is 81.5 Å². The fourth-order valence-electron chi connectivity index (χ4n) is 13.3. The van der Waals surface area contributed by atoms with E-state index in [1.54, 1.807) is 0 Å². The summed E-state index contributed by atoms with van der Waals surface area (Å²) in [4.78, 5) is 26.5. The molecule has 6 fully saturated rings. The SMILES string of the molecule is C=C(C)CC(CC1(C)OC(=O)C23CCC4C(=CCC5C(C)(C)C(OC6OCC(O)C(O)C6OC6OC(CO)C(O)C(O)C6O)CCC45C)C2(C)CCC13)OC(C)=O. The Morgan fingerprint density at radius 1 is 0.912 bits per heavy atom. The van der Waals surface area contributed by atoms with Crippen LogP contribution in [0.1, 0.15) is 106 Å². The predicted molar refractivity (Wildman–Crippen MR) is 203 cm³/mol. The summed E-state index contributed by atoms with van der Waals surface area (Å²) < 4.78 is 36.4. The Bertz CT molecular complexity index is 1580. The molecule has 18 unspecified atom stereocenters. The smallest absolute Gasteiger partial charge is 0.313 e. The minimum Gasteiger partial charge on any atom is -0.462 e. The number of carbonyl (C=O) groups is 2. The van der Waals surface area contributed by atoms with E-state index in [1.165, 1.54) is 12.5 Å². The average molecular weight is 807 g/mol. The Kier molecular flexibility index (Phi) is 11.5. The van der Waals surface area contributed by atoms with Crippen LogP contribution in [0, 0.1) is 39.4 Å². The summed E-state index contributed by atoms with van der Waals surface area (Å²) in [5.74, 6) is -0.0725. The summed E-state index contributed by atoms with van der Waals surface area (Å²) in [6.07, 6.45) is -4.92. The Balaban J connectivity index is 1.11. The highest BCUT2D eigenvalue weighted by Crippen LogP contribution is 2.76. The standard InChI is InChI=1S/C43H66O14/c1-21(2)17-23(53-22(3)45)18-42(8)29-12-15-41(7)25-9-10-28-39(4,5)30(13-14-40(28,6)24(25)11-16-43(29,41)38(51)57-42)55-37-35(31(47)26(46)20-52-37)56-36-34(50)33(49)32(48)27(19-44)54-36/h9,23-24,26-37,44,46-50H,1,10-20H2,2-8H3. The number of hydrogen-bond acceptors (Lipinski definition) is 14. The zero-order valence-electron chi connectivity index (χ0n) is 34.6. The monoisotopic (exact) mass is 806 g/mol. The highest BCUT2D eigenvalue weighted by atomic mass is 16.8. The van der Waals surface area contributed by atoms with Gasteiger partial charge in [-0.1, -0.05) is 44.9 Å². The number of carbonyl (C=O) groups excluding carboxylic acids is 2. The number of rotatable bonds is 10. The van der Waals surface area contributed by atoms with Gasteiger partial charge in [-0.2, -0.15) is 0 Å². The predicted octanol–water partition coefficient (Wildman–Crippen LogP) is 2.82. The van der Waals surface area contributed by atoms with E-state index in [-0.39, 0.29) is 53.2 Å². The molecule has 7 rings (SSSR count). The first-order valence-corrected chi connectivity index (χ1v) is 21.0. The zero-order chi connectivity index (χ0) is 41.6. The molecule has 0 aromatic rings. The largest absolute Gasteiger partial charge is 0.462 e. The first-order chi connectivity index (χ1) is 26.6. The Hall–Kier alpha value is -1.98. The molecule has 0 aromatic heterocycles. The van der Waals surface area contributed by atoms with Gasteiger partial charge in [-0.15, -0.1) is 6.58 Å². The Labute approximate surface area is 335 Å². The van der Waals surface area contributed by atoms with E-state index in [4.69, 9.17) is 28.4 Å². The van der Waals surface area contributed by atoms with E-state index in [0.717, 1.165) is 44.1 Å². The Morgan fingerprint density at radius 3 is 2.30 bits per heavy atom. The summed E-state index contributed by atoms with van der Waals surface area (Å²) in [5, 5.41) is 62.7. The van der Waals surface area contributed by atoms with Gasteiger partial charge >= 0.3 is 11.9 Å². The van der Waals surface area contributed by atoms with Gasteiger partial charge in [0.2, 0.25) is 0 Å². The third-order valence-electron chi connectivity index (χ3n) is 16.0. The molecular formula is C43H66O14. The molecule has 0 aromatic carbocycles. The summed E-state index contributed by atoms with van der Waals surface area (Å²) >= 11 is 0. The molecule has 18 atom stereocenters. The summed E-state index contributed by atoms with van der Waals surface area (Å²) in [5.41, 5.74) is -0.0550. The van der Waals surface area contributed by atoms with Crippen molar-refractivity contribution in [3.05, 3.63) is 23.8 Å². The molecule has 0 bridgehead atoms. The van der Waals surface area contributed by atoms with Crippen molar-refractivity contribution in [1.29, 1.82) is 0 Å². The first-order valence-electron chi connectivity index (χ1n) is 21.0. The number of fused-ring (bicyclic) bond motifs is 4. The van der Waals surface area contributed by atoms with E-state index >= 15 is 0 Å². The molecule has 1 spiro atoms. The number of hydrogen-bond donors (Lipinski definition) is 6. The number of ether oxygens (including phenoxy) is 6. The summed E-state index contributed by atoms with van der Waals surface area (Å²) in [6, 6.07) is 0. The molecule has 14 heteroatoms. The van der Waals surface area contributed by atoms with Gasteiger partial charge in [0, 0.05) is 31.1 Å². The number of aliphatic hydroxyl groups excluding tert-OH is 6. The van der Waals surface area contributed by atoms with Crippen molar-refractivity contribution in [3.8, 4) is 0 Å². The molecule has 4 aliphatic carbocycles. The van der Waals surface area contributed by atoms with Crippen LogP contribution < -0.4 is 0 Å². The zero-order valence-corrected chi connectivity index (χ0v) is 34.6.